The van der Waals surface area contributed by atoms with Gasteiger partial charge in [-0.3, -0.25) is 4.79 Å². The number of nitrogens with one attached hydrogen (secondary N) is 1. The van der Waals surface area contributed by atoms with Crippen LogP contribution >= 0.6 is 11.6 Å². The fourth-order valence-electron chi connectivity index (χ4n) is 3.16. The van der Waals surface area contributed by atoms with Crippen LogP contribution < -0.4 is 16.8 Å². The summed E-state index contributed by atoms with van der Waals surface area (Å²) in [5, 5.41) is 2.96. The van der Waals surface area contributed by atoms with E-state index in [2.05, 4.69) is 10.3 Å². The first-order valence-electron chi connectivity index (χ1n) is 8.10. The van der Waals surface area contributed by atoms with Gasteiger partial charge in [-0.25, -0.2) is 4.99 Å². The molecule has 0 radical (unpaired) electrons. The van der Waals surface area contributed by atoms with E-state index in [9.17, 15) is 4.79 Å². The second-order valence-corrected chi connectivity index (χ2v) is 6.90. The lowest BCUT2D eigenvalue weighted by atomic mass is 9.87. The molecule has 0 bridgehead atoms. The standard InChI is InChI=1S/C18H21ClN4O2/c1-11-8-18(19,9-15(22-11)16(20)24)14-5-3-2-4-12(14)6-7-13-10-25-17(21)23-13/h2-5,8-9,13,22H,6-7,10H2,1H3,(H2,20,24)(H2,21,23). The van der Waals surface area contributed by atoms with Crippen LogP contribution in [0.5, 0.6) is 0 Å². The van der Waals surface area contributed by atoms with Crippen molar-refractivity contribution < 1.29 is 9.53 Å². The lowest BCUT2D eigenvalue weighted by molar-refractivity contribution is -0.114. The third-order valence-corrected chi connectivity index (χ3v) is 4.71. The minimum atomic E-state index is -0.926. The van der Waals surface area contributed by atoms with Crippen LogP contribution in [0.25, 0.3) is 0 Å². The maximum atomic E-state index is 11.6. The van der Waals surface area contributed by atoms with E-state index in [-0.39, 0.29) is 12.1 Å². The second-order valence-electron chi connectivity index (χ2n) is 6.27. The summed E-state index contributed by atoms with van der Waals surface area (Å²) in [6.07, 6.45) is 5.12. The van der Waals surface area contributed by atoms with Gasteiger partial charge in [-0.1, -0.05) is 24.3 Å². The number of amides is 1. The van der Waals surface area contributed by atoms with E-state index in [1.54, 1.807) is 6.08 Å². The number of amidine groups is 1. The first kappa shape index (κ1) is 17.4. The molecule has 6 nitrogen and oxygen atoms in total. The number of halogens is 1. The molecule has 0 spiro atoms. The molecule has 0 fully saturated rings. The monoisotopic (exact) mass is 360 g/mol. The number of benzene rings is 1. The van der Waals surface area contributed by atoms with Crippen LogP contribution in [0, 0.1) is 0 Å². The van der Waals surface area contributed by atoms with E-state index < -0.39 is 10.8 Å². The van der Waals surface area contributed by atoms with Gasteiger partial charge in [0.1, 0.15) is 17.2 Å². The summed E-state index contributed by atoms with van der Waals surface area (Å²) in [5.41, 5.74) is 14.1. The molecule has 5 N–H and O–H groups in total. The largest absolute Gasteiger partial charge is 0.463 e. The van der Waals surface area contributed by atoms with Gasteiger partial charge < -0.3 is 21.5 Å². The molecule has 25 heavy (non-hydrogen) atoms. The fourth-order valence-corrected chi connectivity index (χ4v) is 3.61. The number of carbonyl (C=O) groups is 1. The Kier molecular flexibility index (Phi) is 4.72. The maximum absolute atomic E-state index is 11.6. The van der Waals surface area contributed by atoms with Crippen LogP contribution in [-0.2, 0) is 20.8 Å². The first-order valence-corrected chi connectivity index (χ1v) is 8.48. The number of allylic oxidation sites excluding steroid dienone is 3. The predicted octanol–water partition coefficient (Wildman–Crippen LogP) is 1.64. The number of hydrogen-bond acceptors (Lipinski definition) is 5. The number of ether oxygens (including phenoxy) is 1. The Bertz CT molecular complexity index is 787. The van der Waals surface area contributed by atoms with Gasteiger partial charge >= 0.3 is 0 Å². The normalized spacial score (nSPS) is 25.4. The number of hydrogen-bond donors (Lipinski definition) is 3. The number of dihydropyridines is 1. The summed E-state index contributed by atoms with van der Waals surface area (Å²) in [4.78, 5) is 14.9. The van der Waals surface area contributed by atoms with Gasteiger partial charge in [0.2, 0.25) is 0 Å². The van der Waals surface area contributed by atoms with Crippen molar-refractivity contribution in [2.45, 2.75) is 30.7 Å². The Morgan fingerprint density at radius 2 is 2.20 bits per heavy atom. The third-order valence-electron chi connectivity index (χ3n) is 4.29. The van der Waals surface area contributed by atoms with E-state index in [0.717, 1.165) is 29.7 Å². The molecule has 1 amide bonds. The summed E-state index contributed by atoms with van der Waals surface area (Å²) in [7, 11) is 0. The van der Waals surface area contributed by atoms with Gasteiger partial charge in [-0.15, -0.1) is 11.6 Å². The van der Waals surface area contributed by atoms with Gasteiger partial charge in [0.15, 0.2) is 0 Å². The summed E-state index contributed by atoms with van der Waals surface area (Å²) < 4.78 is 5.20. The highest BCUT2D eigenvalue weighted by Crippen LogP contribution is 2.38. The Morgan fingerprint density at radius 3 is 2.88 bits per heavy atom. The average Bonchev–Trinajstić information content (AvgIpc) is 2.98. The number of alkyl halides is 1. The maximum Gasteiger partial charge on any atom is 0.282 e. The van der Waals surface area contributed by atoms with Crippen molar-refractivity contribution in [3.63, 3.8) is 0 Å². The zero-order valence-electron chi connectivity index (χ0n) is 14.0. The Balaban J connectivity index is 1.89. The van der Waals surface area contributed by atoms with Crippen LogP contribution in [0.2, 0.25) is 0 Å². The lowest BCUT2D eigenvalue weighted by Crippen LogP contribution is -2.33. The van der Waals surface area contributed by atoms with Gasteiger partial charge in [0.25, 0.3) is 11.9 Å². The van der Waals surface area contributed by atoms with Crippen molar-refractivity contribution in [1.82, 2.24) is 5.32 Å². The van der Waals surface area contributed by atoms with Crippen LogP contribution in [0.3, 0.4) is 0 Å². The molecule has 132 valence electrons. The number of rotatable bonds is 5. The second kappa shape index (κ2) is 6.80. The summed E-state index contributed by atoms with van der Waals surface area (Å²) in [6, 6.07) is 8.21. The minimum Gasteiger partial charge on any atom is -0.463 e. The number of nitrogens with two attached hydrogens (primary N) is 2. The summed E-state index contributed by atoms with van der Waals surface area (Å²) >= 11 is 6.89. The molecule has 7 heteroatoms. The lowest BCUT2D eigenvalue weighted by Gasteiger charge is -2.29. The van der Waals surface area contributed by atoms with Crippen molar-refractivity contribution >= 4 is 23.5 Å². The number of primary amides is 1. The van der Waals surface area contributed by atoms with Crippen molar-refractivity contribution in [2.24, 2.45) is 16.5 Å². The van der Waals surface area contributed by atoms with E-state index in [1.807, 2.05) is 37.3 Å². The van der Waals surface area contributed by atoms with Gasteiger partial charge in [0.05, 0.1) is 6.04 Å². The summed E-state index contributed by atoms with van der Waals surface area (Å²) in [6.45, 7) is 2.36. The quantitative estimate of drug-likeness (QED) is 0.694. The van der Waals surface area contributed by atoms with Crippen LogP contribution in [0.15, 0.2) is 52.8 Å². The molecule has 2 unspecified atom stereocenters. The van der Waals surface area contributed by atoms with Crippen molar-refractivity contribution in [3.05, 3.63) is 58.9 Å². The topological polar surface area (TPSA) is 103 Å². The van der Waals surface area contributed by atoms with E-state index >= 15 is 0 Å². The van der Waals surface area contributed by atoms with Crippen LogP contribution in [-0.4, -0.2) is 24.6 Å². The molecule has 2 heterocycles. The third kappa shape index (κ3) is 3.79. The Labute approximate surface area is 151 Å². The zero-order valence-corrected chi connectivity index (χ0v) is 14.7. The molecule has 0 aromatic heterocycles. The van der Waals surface area contributed by atoms with Crippen LogP contribution in [0.4, 0.5) is 0 Å². The smallest absolute Gasteiger partial charge is 0.282 e. The summed E-state index contributed by atoms with van der Waals surface area (Å²) in [5.74, 6) is -0.539. The molecule has 0 saturated carbocycles. The molecule has 2 atom stereocenters. The zero-order chi connectivity index (χ0) is 18.0. The molecule has 1 aromatic rings. The van der Waals surface area contributed by atoms with E-state index in [4.69, 9.17) is 27.8 Å². The molecule has 2 aliphatic heterocycles. The number of carbonyl (C=O) groups excluding carboxylic acids is 1. The average molecular weight is 361 g/mol. The SMILES string of the molecule is CC1=CC(Cl)(c2ccccc2CCC2COC(N)=N2)C=C(C(N)=O)N1. The molecule has 2 aliphatic rings. The van der Waals surface area contributed by atoms with Crippen molar-refractivity contribution in [1.29, 1.82) is 0 Å². The molecular weight excluding hydrogens is 340 g/mol. The Morgan fingerprint density at radius 1 is 1.44 bits per heavy atom. The Hall–Kier alpha value is -2.47. The van der Waals surface area contributed by atoms with E-state index in [1.165, 1.54) is 0 Å². The van der Waals surface area contributed by atoms with Crippen LogP contribution in [0.1, 0.15) is 24.5 Å². The van der Waals surface area contributed by atoms with E-state index in [0.29, 0.717) is 12.3 Å². The first-order chi connectivity index (χ1) is 11.9. The molecule has 0 aliphatic carbocycles. The molecule has 3 rings (SSSR count). The molecular formula is C18H21ClN4O2. The van der Waals surface area contributed by atoms with Gasteiger partial charge in [0, 0.05) is 5.70 Å². The highest BCUT2D eigenvalue weighted by molar-refractivity contribution is 6.27. The minimum absolute atomic E-state index is 0.0568. The van der Waals surface area contributed by atoms with Gasteiger partial charge in [-0.2, -0.15) is 0 Å². The number of aliphatic imine (C=N–C) groups is 1. The fraction of sp³-hybridized carbons (Fsp3) is 0.333. The molecule has 1 aromatic carbocycles. The highest BCUT2D eigenvalue weighted by Gasteiger charge is 2.32. The van der Waals surface area contributed by atoms with Crippen molar-refractivity contribution in [3.8, 4) is 0 Å². The van der Waals surface area contributed by atoms with Crippen molar-refractivity contribution in [2.75, 3.05) is 6.61 Å². The predicted molar refractivity (Wildman–Crippen MR) is 97.8 cm³/mol. The highest BCUT2D eigenvalue weighted by atomic mass is 35.5. The number of aryl methyl sites for hydroxylation is 1. The number of nitrogens with zero attached hydrogens (tertiary/aromatic N) is 1. The molecule has 0 saturated heterocycles. The van der Waals surface area contributed by atoms with Gasteiger partial charge in [-0.05, 0) is 43.0 Å².